The van der Waals surface area contributed by atoms with Crippen molar-refractivity contribution in [2.24, 2.45) is 5.41 Å². The highest BCUT2D eigenvalue weighted by Gasteiger charge is 2.36. The maximum atomic E-state index is 12.1. The molecule has 3 nitrogen and oxygen atoms in total. The highest BCUT2D eigenvalue weighted by Crippen LogP contribution is 2.39. The summed E-state index contributed by atoms with van der Waals surface area (Å²) in [7, 11) is 0. The molecular weight excluding hydrogens is 348 g/mol. The molecule has 0 saturated heterocycles. The van der Waals surface area contributed by atoms with Crippen molar-refractivity contribution in [2.75, 3.05) is 0 Å². The van der Waals surface area contributed by atoms with Gasteiger partial charge < -0.3 is 5.11 Å². The van der Waals surface area contributed by atoms with Crippen molar-refractivity contribution in [3.8, 4) is 0 Å². The summed E-state index contributed by atoms with van der Waals surface area (Å²) in [4.78, 5) is 22.6. The van der Waals surface area contributed by atoms with E-state index in [0.29, 0.717) is 17.6 Å². The van der Waals surface area contributed by atoms with E-state index in [-0.39, 0.29) is 11.2 Å². The Kier molecular flexibility index (Phi) is 9.01. The zero-order valence-corrected chi connectivity index (χ0v) is 17.8. The number of aliphatic hydroxyl groups is 1. The normalized spacial score (nSPS) is 22.2. The van der Waals surface area contributed by atoms with Gasteiger partial charge in [-0.1, -0.05) is 79.7 Å². The molecule has 1 aliphatic rings. The number of aliphatic hydroxyl groups excluding tert-OH is 1. The van der Waals surface area contributed by atoms with Crippen LogP contribution in [-0.2, 0) is 9.59 Å². The van der Waals surface area contributed by atoms with Gasteiger partial charge >= 0.3 is 0 Å². The van der Waals surface area contributed by atoms with Crippen molar-refractivity contribution in [1.29, 1.82) is 0 Å². The second kappa shape index (κ2) is 10.7. The van der Waals surface area contributed by atoms with Gasteiger partial charge in [-0.2, -0.15) is 0 Å². The Morgan fingerprint density at radius 2 is 1.50 bits per heavy atom. The van der Waals surface area contributed by atoms with Crippen LogP contribution in [0, 0.1) is 5.41 Å². The molecule has 0 aromatic rings. The Morgan fingerprint density at radius 3 is 2.11 bits per heavy atom. The maximum Gasteiger partial charge on any atom is 0.187 e. The Labute approximate surface area is 169 Å². The van der Waals surface area contributed by atoms with E-state index in [9.17, 15) is 14.7 Å². The predicted octanol–water partition coefficient (Wildman–Crippen LogP) is 5.37. The minimum absolute atomic E-state index is 0.174. The molecule has 0 radical (unpaired) electrons. The number of carbonyl (C=O) groups is 2. The van der Waals surface area contributed by atoms with Gasteiger partial charge in [-0.3, -0.25) is 9.59 Å². The van der Waals surface area contributed by atoms with E-state index in [1.165, 1.54) is 0 Å². The van der Waals surface area contributed by atoms with Crippen molar-refractivity contribution in [2.45, 2.75) is 54.1 Å². The Hall–Kier alpha value is -2.52. The first-order valence-electron chi connectivity index (χ1n) is 9.52. The van der Waals surface area contributed by atoms with Crippen molar-refractivity contribution in [3.05, 3.63) is 82.5 Å². The van der Waals surface area contributed by atoms with Crippen LogP contribution in [0.25, 0.3) is 0 Å². The van der Waals surface area contributed by atoms with Crippen molar-refractivity contribution in [3.63, 3.8) is 0 Å². The van der Waals surface area contributed by atoms with E-state index in [0.717, 1.165) is 23.0 Å². The molecule has 0 fully saturated rings. The van der Waals surface area contributed by atoms with Gasteiger partial charge in [0, 0.05) is 0 Å². The third-order valence-electron chi connectivity index (χ3n) is 4.76. The van der Waals surface area contributed by atoms with Gasteiger partial charge in [0.25, 0.3) is 0 Å². The summed E-state index contributed by atoms with van der Waals surface area (Å²) in [5.41, 5.74) is 4.25. The van der Waals surface area contributed by atoms with Gasteiger partial charge in [-0.25, -0.2) is 0 Å². The number of allylic oxidation sites excluding steroid dienone is 13. The van der Waals surface area contributed by atoms with E-state index in [2.05, 4.69) is 13.8 Å². The standard InChI is InChI=1S/C25H32O3/c1-18(10-7-8-11-20(3)17-26)12-9-13-19(2)14-15-22-21(4)24(28)23(27)16-25(22,5)6/h7-15,17,23,27H,16H2,1-6H3/b8-7+,12-9+,15-14+,18-10+,19-13+,20-11+/t23-/m0/s1. The fourth-order valence-corrected chi connectivity index (χ4v) is 3.06. The molecular formula is C25H32O3. The van der Waals surface area contributed by atoms with Gasteiger partial charge in [0.2, 0.25) is 0 Å². The molecule has 0 spiro atoms. The Bertz CT molecular complexity index is 809. The molecule has 1 atom stereocenters. The monoisotopic (exact) mass is 380 g/mol. The summed E-state index contributed by atoms with van der Waals surface area (Å²) >= 11 is 0. The summed E-state index contributed by atoms with van der Waals surface area (Å²) in [5, 5.41) is 9.91. The molecule has 150 valence electrons. The lowest BCUT2D eigenvalue weighted by Crippen LogP contribution is -2.35. The van der Waals surface area contributed by atoms with E-state index >= 15 is 0 Å². The number of rotatable bonds is 7. The van der Waals surface area contributed by atoms with Gasteiger partial charge in [-0.15, -0.1) is 0 Å². The first kappa shape index (κ1) is 23.5. The lowest BCUT2D eigenvalue weighted by molar-refractivity contribution is -0.125. The van der Waals surface area contributed by atoms with Gasteiger partial charge in [-0.05, 0) is 56.3 Å². The number of Topliss-reactive ketones (excluding diaryl/α,β-unsaturated/α-hetero) is 1. The second-order valence-corrected chi connectivity index (χ2v) is 7.93. The lowest BCUT2D eigenvalue weighted by Gasteiger charge is -2.34. The molecule has 0 aliphatic heterocycles. The molecule has 0 bridgehead atoms. The minimum atomic E-state index is -0.895. The average Bonchev–Trinajstić information content (AvgIpc) is 2.62. The van der Waals surface area contributed by atoms with Crippen LogP contribution < -0.4 is 0 Å². The highest BCUT2D eigenvalue weighted by atomic mass is 16.3. The van der Waals surface area contributed by atoms with E-state index in [1.807, 2.05) is 62.5 Å². The average molecular weight is 381 g/mol. The van der Waals surface area contributed by atoms with Crippen LogP contribution in [0.3, 0.4) is 0 Å². The van der Waals surface area contributed by atoms with E-state index < -0.39 is 6.10 Å². The number of aldehydes is 1. The molecule has 3 heteroatoms. The Balaban J connectivity index is 2.83. The molecule has 0 unspecified atom stereocenters. The molecule has 0 heterocycles. The van der Waals surface area contributed by atoms with Crippen molar-refractivity contribution < 1.29 is 14.7 Å². The van der Waals surface area contributed by atoms with Gasteiger partial charge in [0.05, 0.1) is 0 Å². The summed E-state index contributed by atoms with van der Waals surface area (Å²) in [6, 6.07) is 0. The minimum Gasteiger partial charge on any atom is -0.385 e. The smallest absolute Gasteiger partial charge is 0.187 e. The second-order valence-electron chi connectivity index (χ2n) is 7.93. The summed E-state index contributed by atoms with van der Waals surface area (Å²) < 4.78 is 0. The van der Waals surface area contributed by atoms with Crippen LogP contribution in [0.1, 0.15) is 48.0 Å². The number of hydrogen-bond donors (Lipinski definition) is 1. The molecule has 1 rings (SSSR count). The summed E-state index contributed by atoms with van der Waals surface area (Å²) in [6.45, 7) is 11.7. The molecule has 1 N–H and O–H groups in total. The largest absolute Gasteiger partial charge is 0.385 e. The number of ketones is 1. The molecule has 28 heavy (non-hydrogen) atoms. The van der Waals surface area contributed by atoms with Crippen molar-refractivity contribution >= 4 is 12.1 Å². The maximum absolute atomic E-state index is 12.1. The Morgan fingerprint density at radius 1 is 0.964 bits per heavy atom. The SMILES string of the molecule is CC1=C(/C=C/C(C)=C/C=C/C(C)=C/C=C/C=C(\C)C=O)C(C)(C)C[C@H](O)C1=O. The fourth-order valence-electron chi connectivity index (χ4n) is 3.06. The van der Waals surface area contributed by atoms with E-state index in [4.69, 9.17) is 0 Å². The van der Waals surface area contributed by atoms with Crippen LogP contribution in [0.15, 0.2) is 82.5 Å². The predicted molar refractivity (Wildman–Crippen MR) is 117 cm³/mol. The third-order valence-corrected chi connectivity index (χ3v) is 4.76. The van der Waals surface area contributed by atoms with Gasteiger partial charge in [0.1, 0.15) is 12.4 Å². The van der Waals surface area contributed by atoms with E-state index in [1.54, 1.807) is 19.9 Å². The van der Waals surface area contributed by atoms with Crippen LogP contribution in [0.5, 0.6) is 0 Å². The number of carbonyl (C=O) groups excluding carboxylic acids is 2. The molecule has 0 aromatic carbocycles. The molecule has 0 aromatic heterocycles. The highest BCUT2D eigenvalue weighted by molar-refractivity contribution is 6.00. The molecule has 0 saturated carbocycles. The first-order chi connectivity index (χ1) is 13.1. The summed E-state index contributed by atoms with van der Waals surface area (Å²) in [6.07, 6.45) is 17.8. The zero-order chi connectivity index (χ0) is 21.3. The zero-order valence-electron chi connectivity index (χ0n) is 17.8. The van der Waals surface area contributed by atoms with Gasteiger partial charge in [0.15, 0.2) is 5.78 Å². The molecule has 0 amide bonds. The first-order valence-corrected chi connectivity index (χ1v) is 9.52. The van der Waals surface area contributed by atoms with Crippen LogP contribution in [0.2, 0.25) is 0 Å². The third kappa shape index (κ3) is 7.24. The van der Waals surface area contributed by atoms with Crippen LogP contribution in [-0.4, -0.2) is 23.3 Å². The van der Waals surface area contributed by atoms with Crippen molar-refractivity contribution in [1.82, 2.24) is 0 Å². The topological polar surface area (TPSA) is 54.4 Å². The summed E-state index contributed by atoms with van der Waals surface area (Å²) in [5.74, 6) is -0.174. The van der Waals surface area contributed by atoms with Crippen LogP contribution >= 0.6 is 0 Å². The van der Waals surface area contributed by atoms with Crippen LogP contribution in [0.4, 0.5) is 0 Å². The molecule has 1 aliphatic carbocycles. The fraction of sp³-hybridized carbons (Fsp3) is 0.360. The quantitative estimate of drug-likeness (QED) is 0.367. The lowest BCUT2D eigenvalue weighted by atomic mass is 9.71. The number of hydrogen-bond acceptors (Lipinski definition) is 3.